The summed E-state index contributed by atoms with van der Waals surface area (Å²) in [4.78, 5) is 41.2. The fourth-order valence-corrected chi connectivity index (χ4v) is 6.17. The zero-order valence-electron chi connectivity index (χ0n) is 23.3. The zero-order chi connectivity index (χ0) is 28.3. The molecule has 3 atom stereocenters. The van der Waals surface area contributed by atoms with Gasteiger partial charge in [-0.3, -0.25) is 25.0 Å². The highest BCUT2D eigenvalue weighted by molar-refractivity contribution is 6.08. The number of nitrogens with two attached hydrogens (primary N) is 1. The lowest BCUT2D eigenvalue weighted by atomic mass is 9.69. The molecule has 1 aliphatic rings. The Hall–Kier alpha value is -3.11. The van der Waals surface area contributed by atoms with Crippen molar-refractivity contribution in [3.63, 3.8) is 0 Å². The van der Waals surface area contributed by atoms with E-state index in [9.17, 15) is 19.6 Å². The molecule has 1 unspecified atom stereocenters. The highest BCUT2D eigenvalue weighted by Crippen LogP contribution is 2.40. The maximum atomic E-state index is 14.6. The molecular formula is C29H44N6O4. The third-order valence-electron chi connectivity index (χ3n) is 8.26. The Kier molecular flexibility index (Phi) is 11.6. The normalized spacial score (nSPS) is 17.1. The lowest BCUT2D eigenvalue weighted by molar-refractivity contribution is -0.150. The molecule has 0 bridgehead atoms. The number of ketones is 1. The summed E-state index contributed by atoms with van der Waals surface area (Å²) < 4.78 is 1.38. The monoisotopic (exact) mass is 540 g/mol. The van der Waals surface area contributed by atoms with Crippen molar-refractivity contribution in [1.29, 1.82) is 0 Å². The van der Waals surface area contributed by atoms with Gasteiger partial charge in [0.2, 0.25) is 11.8 Å². The van der Waals surface area contributed by atoms with Gasteiger partial charge < -0.3 is 0 Å². The number of aromatic nitrogens is 3. The first-order valence-corrected chi connectivity index (χ1v) is 14.3. The Balaban J connectivity index is 1.99. The van der Waals surface area contributed by atoms with E-state index in [0.29, 0.717) is 37.3 Å². The molecule has 0 aliphatic heterocycles. The van der Waals surface area contributed by atoms with Crippen LogP contribution in [0.2, 0.25) is 0 Å². The molecule has 5 N–H and O–H groups in total. The number of hydrazine groups is 1. The second-order valence-electron chi connectivity index (χ2n) is 11.0. The van der Waals surface area contributed by atoms with Crippen LogP contribution >= 0.6 is 0 Å². The lowest BCUT2D eigenvalue weighted by Crippen LogP contribution is -2.53. The van der Waals surface area contributed by atoms with E-state index in [4.69, 9.17) is 5.84 Å². The summed E-state index contributed by atoms with van der Waals surface area (Å²) in [5, 5.41) is 17.9. The molecule has 1 heterocycles. The largest absolute Gasteiger partial charge is 0.296 e. The van der Waals surface area contributed by atoms with Crippen LogP contribution in [0.25, 0.3) is 0 Å². The van der Waals surface area contributed by atoms with Crippen molar-refractivity contribution < 1.29 is 19.6 Å². The number of aryl methyl sites for hydroxylation is 2. The molecule has 214 valence electrons. The van der Waals surface area contributed by atoms with Gasteiger partial charge in [-0.1, -0.05) is 93.8 Å². The van der Waals surface area contributed by atoms with Gasteiger partial charge in [0.1, 0.15) is 11.5 Å². The molecule has 0 saturated heterocycles. The highest BCUT2D eigenvalue weighted by Gasteiger charge is 2.51. The standard InChI is InChI=1S/C29H44N6O4/c1-3-18-29(28(38)31-30,19-17-23-13-8-5-9-14-23)26(36)25(35-20-21(2)32-34-35)24(27(37)33-39)16-10-15-22-11-6-4-7-12-22/h5,8-9,13-14,20,22,24-25,39H,3-4,6-7,10-12,15-19,30H2,1-2H3,(H,31,38)(H,33,37)/t24-,25+,29?/m0/s1. The van der Waals surface area contributed by atoms with Crippen LogP contribution in [-0.4, -0.2) is 37.8 Å². The van der Waals surface area contributed by atoms with Crippen molar-refractivity contribution >= 4 is 17.6 Å². The molecule has 2 aromatic rings. The predicted molar refractivity (Wildman–Crippen MR) is 147 cm³/mol. The highest BCUT2D eigenvalue weighted by atomic mass is 16.5. The van der Waals surface area contributed by atoms with Gasteiger partial charge in [-0.15, -0.1) is 5.10 Å². The van der Waals surface area contributed by atoms with E-state index in [-0.39, 0.29) is 12.8 Å². The van der Waals surface area contributed by atoms with Gasteiger partial charge >= 0.3 is 0 Å². The minimum Gasteiger partial charge on any atom is -0.296 e. The van der Waals surface area contributed by atoms with E-state index in [2.05, 4.69) is 15.7 Å². The summed E-state index contributed by atoms with van der Waals surface area (Å²) in [6.07, 6.45) is 11.2. The number of nitrogens with zero attached hydrogens (tertiary/aromatic N) is 3. The molecule has 0 radical (unpaired) electrons. The average molecular weight is 541 g/mol. The molecular weight excluding hydrogens is 496 g/mol. The van der Waals surface area contributed by atoms with Crippen molar-refractivity contribution in [2.75, 3.05) is 0 Å². The van der Waals surface area contributed by atoms with Gasteiger partial charge in [0.15, 0.2) is 5.78 Å². The Morgan fingerprint density at radius 3 is 2.46 bits per heavy atom. The van der Waals surface area contributed by atoms with Gasteiger partial charge in [-0.2, -0.15) is 0 Å². The van der Waals surface area contributed by atoms with E-state index < -0.39 is 35.0 Å². The molecule has 1 aliphatic carbocycles. The number of hydroxylamine groups is 1. The Morgan fingerprint density at radius 2 is 1.87 bits per heavy atom. The van der Waals surface area contributed by atoms with Gasteiger partial charge in [-0.25, -0.2) is 16.0 Å². The van der Waals surface area contributed by atoms with Crippen molar-refractivity contribution in [2.45, 2.75) is 96.9 Å². The number of carbonyl (C=O) groups is 3. The predicted octanol–water partition coefficient (Wildman–Crippen LogP) is 3.98. The van der Waals surface area contributed by atoms with Gasteiger partial charge in [0.25, 0.3) is 0 Å². The Labute approximate surface area is 231 Å². The van der Waals surface area contributed by atoms with E-state index >= 15 is 0 Å². The zero-order valence-corrected chi connectivity index (χ0v) is 23.3. The number of hydrogen-bond acceptors (Lipinski definition) is 7. The smallest absolute Gasteiger partial charge is 0.249 e. The quantitative estimate of drug-likeness (QED) is 0.0876. The summed E-state index contributed by atoms with van der Waals surface area (Å²) in [6, 6.07) is 8.51. The van der Waals surface area contributed by atoms with Crippen molar-refractivity contribution in [1.82, 2.24) is 25.9 Å². The van der Waals surface area contributed by atoms with E-state index in [0.717, 1.165) is 12.0 Å². The number of carbonyl (C=O) groups excluding carboxylic acids is 3. The van der Waals surface area contributed by atoms with Crippen LogP contribution in [0.15, 0.2) is 36.5 Å². The van der Waals surface area contributed by atoms with Gasteiger partial charge in [-0.05, 0) is 44.1 Å². The molecule has 10 nitrogen and oxygen atoms in total. The number of hydrogen-bond donors (Lipinski definition) is 4. The van der Waals surface area contributed by atoms with Crippen molar-refractivity contribution in [3.05, 3.63) is 47.8 Å². The first-order chi connectivity index (χ1) is 18.9. The fraction of sp³-hybridized carbons (Fsp3) is 0.621. The molecule has 1 fully saturated rings. The van der Waals surface area contributed by atoms with E-state index in [1.54, 1.807) is 18.6 Å². The van der Waals surface area contributed by atoms with Crippen LogP contribution < -0.4 is 16.7 Å². The van der Waals surface area contributed by atoms with E-state index in [1.807, 2.05) is 37.3 Å². The fourth-order valence-electron chi connectivity index (χ4n) is 6.17. The van der Waals surface area contributed by atoms with Crippen LogP contribution in [-0.2, 0) is 20.8 Å². The molecule has 1 saturated carbocycles. The first kappa shape index (κ1) is 30.4. The summed E-state index contributed by atoms with van der Waals surface area (Å²) in [5.41, 5.74) is 4.07. The van der Waals surface area contributed by atoms with Crippen LogP contribution in [0, 0.1) is 24.2 Å². The second kappa shape index (κ2) is 14.9. The van der Waals surface area contributed by atoms with Crippen molar-refractivity contribution in [2.24, 2.45) is 23.1 Å². The Bertz CT molecular complexity index is 1070. The molecule has 1 aromatic carbocycles. The van der Waals surface area contributed by atoms with Gasteiger partial charge in [0.05, 0.1) is 11.6 Å². The minimum absolute atomic E-state index is 0.215. The minimum atomic E-state index is -1.50. The maximum absolute atomic E-state index is 14.6. The number of amides is 2. The molecule has 3 rings (SSSR count). The van der Waals surface area contributed by atoms with Crippen LogP contribution in [0.4, 0.5) is 0 Å². The first-order valence-electron chi connectivity index (χ1n) is 14.3. The summed E-state index contributed by atoms with van der Waals surface area (Å²) in [7, 11) is 0. The van der Waals surface area contributed by atoms with Crippen LogP contribution in [0.3, 0.4) is 0 Å². The summed E-state index contributed by atoms with van der Waals surface area (Å²) >= 11 is 0. The van der Waals surface area contributed by atoms with Crippen LogP contribution in [0.1, 0.15) is 94.9 Å². The Morgan fingerprint density at radius 1 is 1.15 bits per heavy atom. The molecule has 10 heteroatoms. The molecule has 2 amide bonds. The van der Waals surface area contributed by atoms with Crippen LogP contribution in [0.5, 0.6) is 0 Å². The third-order valence-corrected chi connectivity index (χ3v) is 8.26. The third kappa shape index (κ3) is 7.73. The number of benzene rings is 1. The average Bonchev–Trinajstić information content (AvgIpc) is 3.40. The SMILES string of the molecule is CCCC(CCc1ccccc1)(C(=O)NN)C(=O)[C@@H]([C@H](CCCC1CCCCC1)C(=O)NO)n1cc(C)nn1. The number of rotatable bonds is 15. The summed E-state index contributed by atoms with van der Waals surface area (Å²) in [6.45, 7) is 3.65. The maximum Gasteiger partial charge on any atom is 0.249 e. The number of nitrogens with one attached hydrogen (secondary N) is 2. The number of Topliss-reactive ketones (excluding diaryl/α,β-unsaturated/α-hetero) is 1. The topological polar surface area (TPSA) is 152 Å². The lowest BCUT2D eigenvalue weighted by Gasteiger charge is -2.36. The molecule has 39 heavy (non-hydrogen) atoms. The van der Waals surface area contributed by atoms with Gasteiger partial charge in [0, 0.05) is 6.20 Å². The van der Waals surface area contributed by atoms with E-state index in [1.165, 1.54) is 36.8 Å². The second-order valence-corrected chi connectivity index (χ2v) is 11.0. The van der Waals surface area contributed by atoms with Crippen molar-refractivity contribution in [3.8, 4) is 0 Å². The summed E-state index contributed by atoms with van der Waals surface area (Å²) in [5.74, 6) is 3.62. The molecule has 1 aromatic heterocycles. The molecule has 0 spiro atoms.